The van der Waals surface area contributed by atoms with Gasteiger partial charge >= 0.3 is 0 Å². The fourth-order valence-electron chi connectivity index (χ4n) is 8.49. The summed E-state index contributed by atoms with van der Waals surface area (Å²) in [5.41, 5.74) is 16.6. The summed E-state index contributed by atoms with van der Waals surface area (Å²) in [7, 11) is 0. The molecule has 0 saturated carbocycles. The third-order valence-electron chi connectivity index (χ3n) is 10.5. The third-order valence-corrected chi connectivity index (χ3v) is 10.5. The number of rotatable bonds is 4. The smallest absolute Gasteiger partial charge is 0.123 e. The van der Waals surface area contributed by atoms with Gasteiger partial charge in [0, 0.05) is 16.4 Å². The van der Waals surface area contributed by atoms with Gasteiger partial charge in [-0.05, 0) is 118 Å². The average molecular weight is 569 g/mol. The Labute approximate surface area is 258 Å². The van der Waals surface area contributed by atoms with Crippen molar-refractivity contribution in [2.24, 2.45) is 0 Å². The van der Waals surface area contributed by atoms with E-state index in [2.05, 4.69) is 116 Å². The van der Waals surface area contributed by atoms with E-state index in [0.717, 1.165) is 59.1 Å². The highest BCUT2D eigenvalue weighted by molar-refractivity contribution is 5.93. The van der Waals surface area contributed by atoms with E-state index in [1.165, 1.54) is 44.5 Å². The molecule has 0 spiro atoms. The SMILES string of the molecule is C=C1C2=C(C(F)=CCC2)C(C)(C)c2cccc(/C=C\C(C)c3ccc(C)c4c3C(=C)C3=C(CCC=C3/C=C\C)C4(C)C)c21. The summed E-state index contributed by atoms with van der Waals surface area (Å²) in [5.74, 6) is 0.0935. The quantitative estimate of drug-likeness (QED) is 0.344. The Morgan fingerprint density at radius 2 is 1.63 bits per heavy atom. The Kier molecular flexibility index (Phi) is 7.15. The van der Waals surface area contributed by atoms with Crippen molar-refractivity contribution in [1.82, 2.24) is 0 Å². The third kappa shape index (κ3) is 4.38. The van der Waals surface area contributed by atoms with Gasteiger partial charge in [0.1, 0.15) is 5.83 Å². The van der Waals surface area contributed by atoms with Gasteiger partial charge in [0.05, 0.1) is 0 Å². The Hall–Kier alpha value is -3.71. The van der Waals surface area contributed by atoms with Crippen LogP contribution in [0.15, 0.2) is 108 Å². The lowest BCUT2D eigenvalue weighted by molar-refractivity contribution is 0.533. The maximum atomic E-state index is 15.2. The zero-order chi connectivity index (χ0) is 30.8. The summed E-state index contributed by atoms with van der Waals surface area (Å²) < 4.78 is 15.2. The van der Waals surface area contributed by atoms with Gasteiger partial charge in [-0.3, -0.25) is 0 Å². The van der Waals surface area contributed by atoms with Crippen molar-refractivity contribution in [2.75, 3.05) is 0 Å². The zero-order valence-electron chi connectivity index (χ0n) is 27.0. The molecule has 4 aliphatic carbocycles. The van der Waals surface area contributed by atoms with E-state index in [-0.39, 0.29) is 17.2 Å². The van der Waals surface area contributed by atoms with Crippen molar-refractivity contribution in [3.8, 4) is 0 Å². The van der Waals surface area contributed by atoms with Gasteiger partial charge in [-0.1, -0.05) is 114 Å². The van der Waals surface area contributed by atoms with E-state index in [9.17, 15) is 0 Å². The number of fused-ring (bicyclic) bond motifs is 2. The number of halogens is 1. The van der Waals surface area contributed by atoms with Gasteiger partial charge in [-0.2, -0.15) is 0 Å². The molecule has 2 aromatic carbocycles. The number of aryl methyl sites for hydroxylation is 1. The van der Waals surface area contributed by atoms with E-state index < -0.39 is 5.41 Å². The van der Waals surface area contributed by atoms with Crippen LogP contribution in [0, 0.1) is 6.92 Å². The number of benzene rings is 2. The van der Waals surface area contributed by atoms with Crippen molar-refractivity contribution in [3.05, 3.63) is 147 Å². The zero-order valence-corrected chi connectivity index (χ0v) is 27.0. The molecule has 0 aromatic heterocycles. The van der Waals surface area contributed by atoms with Crippen LogP contribution in [-0.2, 0) is 10.8 Å². The molecule has 0 nitrogen and oxygen atoms in total. The standard InChI is InChI=1S/C42H45F/c1-10-14-29-15-11-19-34-37(29)28(5)38-31(24-22-26(3)39(38)41(34,6)7)25(2)21-23-30-16-12-18-33-36(30)27(4)32-17-13-20-35(43)40(32)42(33,8)9/h10,12,14-16,18,20-25H,4-5,11,13,17,19H2,1-3,6-9H3/b14-10-,23-21-. The van der Waals surface area contributed by atoms with Crippen LogP contribution >= 0.6 is 0 Å². The van der Waals surface area contributed by atoms with Crippen molar-refractivity contribution in [1.29, 1.82) is 0 Å². The first-order valence-corrected chi connectivity index (χ1v) is 15.9. The summed E-state index contributed by atoms with van der Waals surface area (Å²) in [6.45, 7) is 25.0. The van der Waals surface area contributed by atoms with Gasteiger partial charge in [0.25, 0.3) is 0 Å². The second-order valence-corrected chi connectivity index (χ2v) is 13.8. The van der Waals surface area contributed by atoms with Gasteiger partial charge in [-0.25, -0.2) is 4.39 Å². The molecule has 2 aromatic rings. The minimum absolute atomic E-state index is 0.0621. The maximum absolute atomic E-state index is 15.2. The van der Waals surface area contributed by atoms with Crippen molar-refractivity contribution in [3.63, 3.8) is 0 Å². The lowest BCUT2D eigenvalue weighted by Crippen LogP contribution is -2.31. The van der Waals surface area contributed by atoms with E-state index >= 15 is 4.39 Å². The van der Waals surface area contributed by atoms with E-state index in [1.807, 2.05) is 0 Å². The van der Waals surface area contributed by atoms with Crippen LogP contribution in [0.1, 0.15) is 112 Å². The van der Waals surface area contributed by atoms with Crippen molar-refractivity contribution < 1.29 is 4.39 Å². The summed E-state index contributed by atoms with van der Waals surface area (Å²) >= 11 is 0. The first-order chi connectivity index (χ1) is 20.4. The maximum Gasteiger partial charge on any atom is 0.123 e. The fourth-order valence-corrected chi connectivity index (χ4v) is 8.49. The second kappa shape index (κ2) is 10.5. The lowest BCUT2D eigenvalue weighted by atomic mass is 9.61. The summed E-state index contributed by atoms with van der Waals surface area (Å²) in [6.07, 6.45) is 16.8. The number of allylic oxidation sites excluding steroid dienone is 13. The Balaban J connectivity index is 1.44. The molecule has 0 amide bonds. The van der Waals surface area contributed by atoms with Crippen LogP contribution in [0.25, 0.3) is 17.2 Å². The van der Waals surface area contributed by atoms with Crippen LogP contribution in [-0.4, -0.2) is 0 Å². The van der Waals surface area contributed by atoms with Gasteiger partial charge in [-0.15, -0.1) is 0 Å². The van der Waals surface area contributed by atoms with E-state index in [0.29, 0.717) is 0 Å². The molecular formula is C42H45F. The first kappa shape index (κ1) is 29.4. The van der Waals surface area contributed by atoms with E-state index in [4.69, 9.17) is 6.58 Å². The number of hydrogen-bond donors (Lipinski definition) is 0. The molecule has 6 rings (SSSR count). The highest BCUT2D eigenvalue weighted by Gasteiger charge is 2.41. The lowest BCUT2D eigenvalue weighted by Gasteiger charge is -2.43. The minimum atomic E-state index is -0.411. The van der Waals surface area contributed by atoms with Crippen LogP contribution in [0.4, 0.5) is 4.39 Å². The predicted octanol–water partition coefficient (Wildman–Crippen LogP) is 12.0. The fraction of sp³-hybridized carbons (Fsp3) is 0.333. The molecule has 0 aliphatic heterocycles. The number of hydrogen-bond acceptors (Lipinski definition) is 0. The molecule has 0 heterocycles. The predicted molar refractivity (Wildman–Crippen MR) is 184 cm³/mol. The molecule has 1 unspecified atom stereocenters. The largest absolute Gasteiger partial charge is 0.207 e. The van der Waals surface area contributed by atoms with Gasteiger partial charge in [0.15, 0.2) is 0 Å². The molecule has 0 fully saturated rings. The highest BCUT2D eigenvalue weighted by Crippen LogP contribution is 2.55. The van der Waals surface area contributed by atoms with Crippen LogP contribution in [0.2, 0.25) is 0 Å². The molecule has 1 heteroatoms. The Morgan fingerprint density at radius 1 is 0.884 bits per heavy atom. The van der Waals surface area contributed by atoms with Gasteiger partial charge < -0.3 is 0 Å². The Bertz CT molecular complexity index is 1770. The molecular weight excluding hydrogens is 523 g/mol. The first-order valence-electron chi connectivity index (χ1n) is 15.9. The average Bonchev–Trinajstić information content (AvgIpc) is 2.97. The topological polar surface area (TPSA) is 0 Å². The summed E-state index contributed by atoms with van der Waals surface area (Å²) in [5, 5.41) is 0. The Morgan fingerprint density at radius 3 is 2.37 bits per heavy atom. The van der Waals surface area contributed by atoms with Crippen LogP contribution in [0.3, 0.4) is 0 Å². The molecule has 0 bridgehead atoms. The summed E-state index contributed by atoms with van der Waals surface area (Å²) in [6, 6.07) is 11.1. The summed E-state index contributed by atoms with van der Waals surface area (Å²) in [4.78, 5) is 0. The molecule has 0 radical (unpaired) electrons. The molecule has 4 aliphatic rings. The van der Waals surface area contributed by atoms with E-state index in [1.54, 1.807) is 6.08 Å². The highest BCUT2D eigenvalue weighted by atomic mass is 19.1. The van der Waals surface area contributed by atoms with Crippen LogP contribution < -0.4 is 0 Å². The molecule has 43 heavy (non-hydrogen) atoms. The minimum Gasteiger partial charge on any atom is -0.207 e. The monoisotopic (exact) mass is 568 g/mol. The molecule has 1 atom stereocenters. The normalized spacial score (nSPS) is 21.4. The van der Waals surface area contributed by atoms with Gasteiger partial charge in [0.2, 0.25) is 0 Å². The molecule has 220 valence electrons. The molecule has 0 saturated heterocycles. The molecule has 0 N–H and O–H groups in total. The van der Waals surface area contributed by atoms with Crippen LogP contribution in [0.5, 0.6) is 0 Å². The second-order valence-electron chi connectivity index (χ2n) is 13.8. The van der Waals surface area contributed by atoms with Crippen molar-refractivity contribution in [2.45, 2.75) is 90.9 Å². The van der Waals surface area contributed by atoms with Crippen molar-refractivity contribution >= 4 is 17.2 Å².